The van der Waals surface area contributed by atoms with Crippen molar-refractivity contribution in [1.29, 1.82) is 0 Å². The Labute approximate surface area is 208 Å². The summed E-state index contributed by atoms with van der Waals surface area (Å²) in [6, 6.07) is 6.91. The molecule has 1 N–H and O–H groups in total. The third kappa shape index (κ3) is 4.15. The monoisotopic (exact) mass is 492 g/mol. The largest absolute Gasteiger partial charge is 0.477 e. The number of nitrogens with zero attached hydrogens (tertiary/aromatic N) is 4. The van der Waals surface area contributed by atoms with Gasteiger partial charge in [0, 0.05) is 34.8 Å². The smallest absolute Gasteiger partial charge is 0.354 e. The third-order valence-electron chi connectivity index (χ3n) is 7.67. The van der Waals surface area contributed by atoms with E-state index in [1.165, 1.54) is 12.1 Å². The Kier molecular flexibility index (Phi) is 5.75. The van der Waals surface area contributed by atoms with Gasteiger partial charge in [0.15, 0.2) is 5.69 Å². The first-order valence-corrected chi connectivity index (χ1v) is 12.6. The number of aromatic carboxylic acids is 1. The summed E-state index contributed by atoms with van der Waals surface area (Å²) < 4.78 is 27.0. The zero-order valence-corrected chi connectivity index (χ0v) is 20.4. The molecule has 2 aliphatic heterocycles. The van der Waals surface area contributed by atoms with Crippen LogP contribution in [0.15, 0.2) is 28.8 Å². The van der Waals surface area contributed by atoms with Gasteiger partial charge in [0.05, 0.1) is 12.7 Å². The van der Waals surface area contributed by atoms with Crippen molar-refractivity contribution in [1.82, 2.24) is 15.1 Å². The highest BCUT2D eigenvalue weighted by Crippen LogP contribution is 2.45. The van der Waals surface area contributed by atoms with E-state index in [0.29, 0.717) is 35.4 Å². The van der Waals surface area contributed by atoms with Crippen molar-refractivity contribution in [3.8, 4) is 11.3 Å². The van der Waals surface area contributed by atoms with Gasteiger partial charge in [-0.15, -0.1) is 0 Å². The molecule has 0 radical (unpaired) electrons. The molecule has 3 aliphatic rings. The minimum absolute atomic E-state index is 0.0197. The van der Waals surface area contributed by atoms with Crippen LogP contribution in [0.2, 0.25) is 0 Å². The van der Waals surface area contributed by atoms with E-state index in [0.717, 1.165) is 55.4 Å². The summed E-state index contributed by atoms with van der Waals surface area (Å²) in [6.45, 7) is 4.00. The van der Waals surface area contributed by atoms with Crippen LogP contribution in [0.3, 0.4) is 0 Å². The van der Waals surface area contributed by atoms with Gasteiger partial charge in [-0.1, -0.05) is 17.3 Å². The molecule has 6 rings (SSSR count). The first-order valence-electron chi connectivity index (χ1n) is 12.6. The number of ether oxygens (including phenoxy) is 1. The highest BCUT2D eigenvalue weighted by atomic mass is 19.1. The molecule has 8 nitrogen and oxygen atoms in total. The second-order valence-corrected chi connectivity index (χ2v) is 10.3. The summed E-state index contributed by atoms with van der Waals surface area (Å²) in [7, 11) is 0. The number of rotatable bonds is 7. The van der Waals surface area contributed by atoms with Crippen molar-refractivity contribution in [2.24, 2.45) is 0 Å². The first-order chi connectivity index (χ1) is 17.4. The maximum absolute atomic E-state index is 14.8. The van der Waals surface area contributed by atoms with Crippen LogP contribution >= 0.6 is 0 Å². The number of hydrogen-bond donors (Lipinski definition) is 1. The minimum Gasteiger partial charge on any atom is -0.477 e. The van der Waals surface area contributed by atoms with Crippen LogP contribution in [0.1, 0.15) is 77.5 Å². The molecule has 1 aromatic carbocycles. The first kappa shape index (κ1) is 23.1. The fourth-order valence-corrected chi connectivity index (χ4v) is 5.82. The Morgan fingerprint density at radius 3 is 2.58 bits per heavy atom. The van der Waals surface area contributed by atoms with Gasteiger partial charge in [-0.2, -0.15) is 0 Å². The second-order valence-electron chi connectivity index (χ2n) is 10.3. The lowest BCUT2D eigenvalue weighted by Crippen LogP contribution is -2.46. The molecule has 36 heavy (non-hydrogen) atoms. The Bertz CT molecular complexity index is 1290. The summed E-state index contributed by atoms with van der Waals surface area (Å²) in [5, 5.41) is 13.7. The number of aryl methyl sites for hydroxylation is 2. The highest BCUT2D eigenvalue weighted by Gasteiger charge is 2.43. The lowest BCUT2D eigenvalue weighted by Gasteiger charge is -2.39. The van der Waals surface area contributed by atoms with Crippen LogP contribution in [0, 0.1) is 19.7 Å². The van der Waals surface area contributed by atoms with Crippen molar-refractivity contribution in [2.75, 3.05) is 4.90 Å². The average molecular weight is 493 g/mol. The predicted molar refractivity (Wildman–Crippen MR) is 129 cm³/mol. The van der Waals surface area contributed by atoms with Crippen molar-refractivity contribution >= 4 is 11.9 Å². The number of fused-ring (bicyclic) bond motifs is 2. The van der Waals surface area contributed by atoms with E-state index >= 15 is 0 Å². The summed E-state index contributed by atoms with van der Waals surface area (Å²) in [5.41, 5.74) is 3.36. The van der Waals surface area contributed by atoms with Crippen LogP contribution in [-0.2, 0) is 11.3 Å². The van der Waals surface area contributed by atoms with E-state index in [-0.39, 0.29) is 29.7 Å². The topological polar surface area (TPSA) is 102 Å². The number of anilines is 1. The minimum atomic E-state index is -1.05. The maximum Gasteiger partial charge on any atom is 0.354 e. The summed E-state index contributed by atoms with van der Waals surface area (Å²) >= 11 is 0. The predicted octanol–water partition coefficient (Wildman–Crippen LogP) is 5.18. The van der Waals surface area contributed by atoms with Gasteiger partial charge in [-0.3, -0.25) is 0 Å². The number of benzene rings is 1. The molecule has 3 aromatic rings. The summed E-state index contributed by atoms with van der Waals surface area (Å²) in [4.78, 5) is 22.6. The van der Waals surface area contributed by atoms with Gasteiger partial charge in [0.1, 0.15) is 17.3 Å². The number of carboxylic acid groups (broad SMARTS) is 1. The molecule has 2 saturated heterocycles. The van der Waals surface area contributed by atoms with E-state index in [1.807, 2.05) is 13.0 Å². The van der Waals surface area contributed by atoms with E-state index < -0.39 is 5.97 Å². The van der Waals surface area contributed by atoms with Crippen molar-refractivity contribution in [3.63, 3.8) is 0 Å². The molecule has 1 saturated carbocycles. The quantitative estimate of drug-likeness (QED) is 0.481. The van der Waals surface area contributed by atoms with E-state index in [9.17, 15) is 14.3 Å². The number of carboxylic acids is 1. The van der Waals surface area contributed by atoms with E-state index in [1.54, 1.807) is 13.0 Å². The molecule has 3 atom stereocenters. The molecule has 2 bridgehead atoms. The normalized spacial score (nSPS) is 23.3. The zero-order chi connectivity index (χ0) is 25.0. The molecule has 188 valence electrons. The fraction of sp³-hybridized carbons (Fsp3) is 0.481. The van der Waals surface area contributed by atoms with Crippen LogP contribution < -0.4 is 4.90 Å². The SMILES string of the molecule is Cc1cc(C(=O)O)nc(N2C3CC[C@H]2CC(OCc2c(-c4c(C)cccc4F)noc2C2CC2)C3)n1. The highest BCUT2D eigenvalue weighted by molar-refractivity contribution is 5.85. The summed E-state index contributed by atoms with van der Waals surface area (Å²) in [5.74, 6) is 0.288. The molecule has 0 spiro atoms. The molecule has 9 heteroatoms. The van der Waals surface area contributed by atoms with Gasteiger partial charge in [-0.05, 0) is 70.1 Å². The molecular weight excluding hydrogens is 463 g/mol. The molecule has 4 heterocycles. The standard InChI is InChI=1S/C27H29FN4O4/c1-14-4-3-5-21(28)23(14)24-20(25(36-31-24)16-6-7-16)13-35-19-11-17-8-9-18(12-19)32(17)27-29-15(2)10-22(30-27)26(33)34/h3-5,10,16-19H,6-9,11-13H2,1-2H3,(H,33,34)/t17-,18?,19?/m0/s1. The Morgan fingerprint density at radius 2 is 1.92 bits per heavy atom. The van der Waals surface area contributed by atoms with Gasteiger partial charge in [0.2, 0.25) is 5.95 Å². The molecule has 2 unspecified atom stereocenters. The van der Waals surface area contributed by atoms with E-state index in [4.69, 9.17) is 9.26 Å². The Morgan fingerprint density at radius 1 is 1.17 bits per heavy atom. The van der Waals surface area contributed by atoms with Crippen LogP contribution in [0.25, 0.3) is 11.3 Å². The van der Waals surface area contributed by atoms with Crippen molar-refractivity contribution in [2.45, 2.75) is 83.1 Å². The van der Waals surface area contributed by atoms with Gasteiger partial charge in [0.25, 0.3) is 0 Å². The van der Waals surface area contributed by atoms with Gasteiger partial charge in [-0.25, -0.2) is 19.2 Å². The zero-order valence-electron chi connectivity index (χ0n) is 20.4. The second kappa shape index (κ2) is 8.96. The lowest BCUT2D eigenvalue weighted by molar-refractivity contribution is 0.0144. The molecule has 1 aliphatic carbocycles. The number of aromatic nitrogens is 3. The van der Waals surface area contributed by atoms with Gasteiger partial charge >= 0.3 is 5.97 Å². The van der Waals surface area contributed by atoms with Gasteiger partial charge < -0.3 is 19.3 Å². The van der Waals surface area contributed by atoms with Crippen LogP contribution in [-0.4, -0.2) is 44.4 Å². The number of carbonyl (C=O) groups is 1. The number of hydrogen-bond acceptors (Lipinski definition) is 7. The van der Waals surface area contributed by atoms with Crippen molar-refractivity contribution < 1.29 is 23.6 Å². The maximum atomic E-state index is 14.8. The average Bonchev–Trinajstić information content (AvgIpc) is 3.54. The summed E-state index contributed by atoms with van der Waals surface area (Å²) in [6.07, 6.45) is 5.71. The molecule has 3 fully saturated rings. The number of piperidine rings is 1. The molecule has 0 amide bonds. The van der Waals surface area contributed by atoms with E-state index in [2.05, 4.69) is 20.0 Å². The Hall–Kier alpha value is -3.33. The van der Waals surface area contributed by atoms with Crippen LogP contribution in [0.5, 0.6) is 0 Å². The fourth-order valence-electron chi connectivity index (χ4n) is 5.82. The lowest BCUT2D eigenvalue weighted by atomic mass is 9.98. The molecule has 2 aromatic heterocycles. The number of halogens is 1. The van der Waals surface area contributed by atoms with Crippen LogP contribution in [0.4, 0.5) is 10.3 Å². The third-order valence-corrected chi connectivity index (χ3v) is 7.67. The molecular formula is C27H29FN4O4. The van der Waals surface area contributed by atoms with Crippen molar-refractivity contribution in [3.05, 3.63) is 58.4 Å². The Balaban J connectivity index is 1.21.